The van der Waals surface area contributed by atoms with Crippen LogP contribution in [-0.2, 0) is 0 Å². The Hall–Kier alpha value is -1.07. The molecule has 5 heteroatoms. The van der Waals surface area contributed by atoms with Gasteiger partial charge in [-0.05, 0) is 0 Å². The van der Waals surface area contributed by atoms with Crippen LogP contribution >= 0.6 is 0 Å². The maximum atomic E-state index is 5.73. The molecule has 2 bridgehead atoms. The Morgan fingerprint density at radius 1 is 1.44 bits per heavy atom. The Bertz CT molecular complexity index is 268. The molecule has 90 valence electrons. The van der Waals surface area contributed by atoms with Gasteiger partial charge in [0.1, 0.15) is 0 Å². The van der Waals surface area contributed by atoms with Crippen LogP contribution in [0.1, 0.15) is 0 Å². The molecule has 0 aliphatic carbocycles. The minimum absolute atomic E-state index is 0.526. The SMILES string of the molecule is C=CCNC(N)=NCC1CN2CCN1CC2. The van der Waals surface area contributed by atoms with E-state index in [1.54, 1.807) is 6.08 Å². The van der Waals surface area contributed by atoms with E-state index in [1.807, 2.05) is 0 Å². The van der Waals surface area contributed by atoms with E-state index in [0.717, 1.165) is 13.1 Å². The third-order valence-corrected chi connectivity index (χ3v) is 3.29. The number of hydrogen-bond donors (Lipinski definition) is 2. The van der Waals surface area contributed by atoms with E-state index < -0.39 is 0 Å². The van der Waals surface area contributed by atoms with Crippen LogP contribution in [0.4, 0.5) is 0 Å². The van der Waals surface area contributed by atoms with Crippen LogP contribution in [-0.4, -0.2) is 67.6 Å². The fourth-order valence-electron chi connectivity index (χ4n) is 2.33. The molecule has 0 aromatic carbocycles. The summed E-state index contributed by atoms with van der Waals surface area (Å²) in [6.45, 7) is 11.0. The molecule has 3 aliphatic rings. The molecular formula is C11H21N5. The van der Waals surface area contributed by atoms with E-state index in [4.69, 9.17) is 5.73 Å². The number of aliphatic imine (C=N–C) groups is 1. The van der Waals surface area contributed by atoms with Crippen molar-refractivity contribution in [2.75, 3.05) is 45.8 Å². The highest BCUT2D eigenvalue weighted by atomic mass is 15.3. The summed E-state index contributed by atoms with van der Waals surface area (Å²) < 4.78 is 0. The van der Waals surface area contributed by atoms with E-state index in [-0.39, 0.29) is 0 Å². The molecule has 3 saturated heterocycles. The quantitative estimate of drug-likeness (QED) is 0.367. The highest BCUT2D eigenvalue weighted by molar-refractivity contribution is 5.77. The van der Waals surface area contributed by atoms with Crippen molar-refractivity contribution in [3.63, 3.8) is 0 Å². The number of guanidine groups is 1. The van der Waals surface area contributed by atoms with Crippen LogP contribution in [0.25, 0.3) is 0 Å². The second-order valence-corrected chi connectivity index (χ2v) is 4.39. The lowest BCUT2D eigenvalue weighted by molar-refractivity contribution is 0.0174. The number of rotatable bonds is 4. The molecule has 3 heterocycles. The number of fused-ring (bicyclic) bond motifs is 3. The number of hydrogen-bond acceptors (Lipinski definition) is 3. The zero-order valence-electron chi connectivity index (χ0n) is 9.73. The van der Waals surface area contributed by atoms with Crippen LogP contribution in [0, 0.1) is 0 Å². The number of nitrogens with two attached hydrogens (primary N) is 1. The first-order valence-electron chi connectivity index (χ1n) is 5.90. The average Bonchev–Trinajstić information content (AvgIpc) is 2.35. The van der Waals surface area contributed by atoms with Crippen molar-refractivity contribution in [1.29, 1.82) is 0 Å². The summed E-state index contributed by atoms with van der Waals surface area (Å²) in [6, 6.07) is 0.548. The van der Waals surface area contributed by atoms with Crippen LogP contribution in [0.3, 0.4) is 0 Å². The van der Waals surface area contributed by atoms with Gasteiger partial charge in [-0.15, -0.1) is 6.58 Å². The Morgan fingerprint density at radius 2 is 2.19 bits per heavy atom. The predicted octanol–water partition coefficient (Wildman–Crippen LogP) is -0.923. The first kappa shape index (κ1) is 11.4. The molecule has 16 heavy (non-hydrogen) atoms. The summed E-state index contributed by atoms with van der Waals surface area (Å²) in [4.78, 5) is 9.40. The van der Waals surface area contributed by atoms with Crippen molar-refractivity contribution in [1.82, 2.24) is 15.1 Å². The Morgan fingerprint density at radius 3 is 2.75 bits per heavy atom. The summed E-state index contributed by atoms with van der Waals surface area (Å²) >= 11 is 0. The molecule has 0 saturated carbocycles. The average molecular weight is 223 g/mol. The third kappa shape index (κ3) is 2.74. The van der Waals surface area contributed by atoms with Crippen molar-refractivity contribution >= 4 is 5.96 Å². The first-order chi connectivity index (χ1) is 7.79. The lowest BCUT2D eigenvalue weighted by Crippen LogP contribution is -2.61. The minimum atomic E-state index is 0.526. The third-order valence-electron chi connectivity index (χ3n) is 3.29. The molecule has 0 radical (unpaired) electrons. The molecule has 3 rings (SSSR count). The monoisotopic (exact) mass is 223 g/mol. The zero-order chi connectivity index (χ0) is 11.4. The fraction of sp³-hybridized carbons (Fsp3) is 0.727. The standard InChI is InChI=1S/C11H21N5/c1-2-3-13-11(12)14-8-10-9-15-4-6-16(10)7-5-15/h2,10H,1,3-9H2,(H3,12,13,14). The summed E-state index contributed by atoms with van der Waals surface area (Å²) in [5.41, 5.74) is 5.73. The largest absolute Gasteiger partial charge is 0.370 e. The van der Waals surface area contributed by atoms with E-state index in [9.17, 15) is 0 Å². The number of piperazine rings is 3. The first-order valence-corrected chi connectivity index (χ1v) is 5.90. The molecule has 5 nitrogen and oxygen atoms in total. The van der Waals surface area contributed by atoms with E-state index in [1.165, 1.54) is 26.2 Å². The van der Waals surface area contributed by atoms with Gasteiger partial charge in [0.05, 0.1) is 6.54 Å². The number of nitrogens with one attached hydrogen (secondary N) is 1. The second-order valence-electron chi connectivity index (χ2n) is 4.39. The normalized spacial score (nSPS) is 33.8. The van der Waals surface area contributed by atoms with Gasteiger partial charge in [-0.25, -0.2) is 0 Å². The predicted molar refractivity (Wildman–Crippen MR) is 66.5 cm³/mol. The van der Waals surface area contributed by atoms with Crippen molar-refractivity contribution in [2.24, 2.45) is 10.7 Å². The van der Waals surface area contributed by atoms with E-state index in [2.05, 4.69) is 26.7 Å². The van der Waals surface area contributed by atoms with Gasteiger partial charge in [0.2, 0.25) is 0 Å². The molecule has 1 unspecified atom stereocenters. The fourth-order valence-corrected chi connectivity index (χ4v) is 2.33. The highest BCUT2D eigenvalue weighted by Gasteiger charge is 2.31. The highest BCUT2D eigenvalue weighted by Crippen LogP contribution is 2.15. The zero-order valence-corrected chi connectivity index (χ0v) is 9.73. The molecule has 3 aliphatic heterocycles. The Labute approximate surface area is 97.0 Å². The summed E-state index contributed by atoms with van der Waals surface area (Å²) in [7, 11) is 0. The lowest BCUT2D eigenvalue weighted by atomic mass is 10.1. The van der Waals surface area contributed by atoms with Crippen LogP contribution in [0.2, 0.25) is 0 Å². The second kappa shape index (κ2) is 5.32. The smallest absolute Gasteiger partial charge is 0.188 e. The van der Waals surface area contributed by atoms with Crippen molar-refractivity contribution in [2.45, 2.75) is 6.04 Å². The van der Waals surface area contributed by atoms with Crippen molar-refractivity contribution in [3.05, 3.63) is 12.7 Å². The van der Waals surface area contributed by atoms with Crippen molar-refractivity contribution in [3.8, 4) is 0 Å². The molecule has 0 spiro atoms. The summed E-state index contributed by atoms with van der Waals surface area (Å²) in [6.07, 6.45) is 1.78. The Kier molecular flexibility index (Phi) is 3.79. The maximum absolute atomic E-state index is 5.73. The molecule has 3 fully saturated rings. The van der Waals surface area contributed by atoms with Gasteiger partial charge in [0.15, 0.2) is 5.96 Å². The number of nitrogens with zero attached hydrogens (tertiary/aromatic N) is 3. The molecule has 0 amide bonds. The van der Waals surface area contributed by atoms with Gasteiger partial charge in [0.25, 0.3) is 0 Å². The van der Waals surface area contributed by atoms with Crippen LogP contribution in [0.15, 0.2) is 17.6 Å². The summed E-state index contributed by atoms with van der Waals surface area (Å²) in [5.74, 6) is 0.526. The topological polar surface area (TPSA) is 56.9 Å². The van der Waals surface area contributed by atoms with Gasteiger partial charge >= 0.3 is 0 Å². The van der Waals surface area contributed by atoms with E-state index >= 15 is 0 Å². The molecule has 3 N–H and O–H groups in total. The molecule has 1 atom stereocenters. The van der Waals surface area contributed by atoms with Gasteiger partial charge < -0.3 is 11.1 Å². The van der Waals surface area contributed by atoms with Gasteiger partial charge in [-0.1, -0.05) is 6.08 Å². The van der Waals surface area contributed by atoms with E-state index in [0.29, 0.717) is 18.5 Å². The molecule has 0 aromatic rings. The van der Waals surface area contributed by atoms with Crippen LogP contribution in [0.5, 0.6) is 0 Å². The molecule has 0 aromatic heterocycles. The molecular weight excluding hydrogens is 202 g/mol. The van der Waals surface area contributed by atoms with Crippen LogP contribution < -0.4 is 11.1 Å². The Balaban J connectivity index is 1.79. The maximum Gasteiger partial charge on any atom is 0.188 e. The summed E-state index contributed by atoms with van der Waals surface area (Å²) in [5, 5.41) is 2.99. The van der Waals surface area contributed by atoms with Gasteiger partial charge in [0, 0.05) is 45.3 Å². The van der Waals surface area contributed by atoms with Gasteiger partial charge in [-0.2, -0.15) is 0 Å². The van der Waals surface area contributed by atoms with Gasteiger partial charge in [-0.3, -0.25) is 14.8 Å². The van der Waals surface area contributed by atoms with Crippen molar-refractivity contribution < 1.29 is 0 Å². The lowest BCUT2D eigenvalue weighted by Gasteiger charge is -2.47. The minimum Gasteiger partial charge on any atom is -0.370 e.